The Hall–Kier alpha value is -2.53. The first-order valence-corrected chi connectivity index (χ1v) is 11.1. The third-order valence-corrected chi connectivity index (χ3v) is 6.01. The van der Waals surface area contributed by atoms with Gasteiger partial charge in [0.25, 0.3) is 0 Å². The molecule has 2 aromatic rings. The molecule has 0 radical (unpaired) electrons. The van der Waals surface area contributed by atoms with E-state index < -0.39 is 0 Å². The number of carbonyl (C=O) groups is 1. The molecule has 5 heteroatoms. The second-order valence-electron chi connectivity index (χ2n) is 8.59. The summed E-state index contributed by atoms with van der Waals surface area (Å²) in [6.45, 7) is 7.02. The summed E-state index contributed by atoms with van der Waals surface area (Å²) in [7, 11) is 0. The van der Waals surface area contributed by atoms with Crippen LogP contribution in [0.15, 0.2) is 48.5 Å². The van der Waals surface area contributed by atoms with Gasteiger partial charge in [-0.05, 0) is 48.6 Å². The molecule has 0 aromatic heterocycles. The second-order valence-corrected chi connectivity index (χ2v) is 8.59. The number of ether oxygens (including phenoxy) is 2. The number of rotatable bonds is 6. The largest absolute Gasteiger partial charge is 0.490 e. The molecule has 0 saturated carbocycles. The Morgan fingerprint density at radius 3 is 2.60 bits per heavy atom. The van der Waals surface area contributed by atoms with Crippen molar-refractivity contribution in [2.45, 2.75) is 45.2 Å². The number of hydrogen-bond acceptors (Lipinski definition) is 4. The first-order chi connectivity index (χ1) is 14.6. The molecule has 4 rings (SSSR count). The molecule has 2 aliphatic heterocycles. The summed E-state index contributed by atoms with van der Waals surface area (Å²) in [4.78, 5) is 15.2. The van der Waals surface area contributed by atoms with Crippen molar-refractivity contribution in [1.29, 1.82) is 0 Å². The lowest BCUT2D eigenvalue weighted by atomic mass is 9.96. The predicted octanol–water partition coefficient (Wildman–Crippen LogP) is 4.50. The maximum Gasteiger partial charge on any atom is 0.234 e. The molecule has 5 nitrogen and oxygen atoms in total. The summed E-state index contributed by atoms with van der Waals surface area (Å²) >= 11 is 0. The number of fused-ring (bicyclic) bond motifs is 1. The van der Waals surface area contributed by atoms with Gasteiger partial charge in [-0.15, -0.1) is 0 Å². The highest BCUT2D eigenvalue weighted by Gasteiger charge is 2.29. The van der Waals surface area contributed by atoms with Crippen molar-refractivity contribution in [2.24, 2.45) is 5.92 Å². The first-order valence-electron chi connectivity index (χ1n) is 11.1. The molecule has 160 valence electrons. The van der Waals surface area contributed by atoms with Gasteiger partial charge in [0.1, 0.15) is 0 Å². The molecule has 0 unspecified atom stereocenters. The van der Waals surface area contributed by atoms with Gasteiger partial charge < -0.3 is 14.8 Å². The van der Waals surface area contributed by atoms with Gasteiger partial charge in [-0.25, -0.2) is 0 Å². The van der Waals surface area contributed by atoms with Crippen LogP contribution < -0.4 is 14.8 Å². The van der Waals surface area contributed by atoms with Crippen LogP contribution in [0.2, 0.25) is 0 Å². The fourth-order valence-corrected chi connectivity index (χ4v) is 4.48. The minimum atomic E-state index is 0.0257. The summed E-state index contributed by atoms with van der Waals surface area (Å²) in [6.07, 6.45) is 3.05. The van der Waals surface area contributed by atoms with E-state index in [2.05, 4.69) is 48.3 Å². The van der Waals surface area contributed by atoms with E-state index in [0.717, 1.165) is 42.9 Å². The third-order valence-electron chi connectivity index (χ3n) is 6.01. The number of nitrogens with one attached hydrogen (secondary N) is 1. The molecule has 0 aliphatic carbocycles. The fraction of sp³-hybridized carbons (Fsp3) is 0.480. The van der Waals surface area contributed by atoms with Gasteiger partial charge in [0.05, 0.1) is 25.8 Å². The normalized spacial score (nSPS) is 20.0. The zero-order chi connectivity index (χ0) is 20.9. The highest BCUT2D eigenvalue weighted by Crippen LogP contribution is 2.37. The van der Waals surface area contributed by atoms with E-state index in [1.807, 2.05) is 24.3 Å². The molecule has 2 heterocycles. The van der Waals surface area contributed by atoms with E-state index in [-0.39, 0.29) is 18.0 Å². The number of nitrogens with zero attached hydrogens (tertiary/aromatic N) is 1. The van der Waals surface area contributed by atoms with Crippen LogP contribution in [-0.4, -0.2) is 37.1 Å². The number of benzene rings is 2. The number of amides is 1. The van der Waals surface area contributed by atoms with Crippen LogP contribution >= 0.6 is 0 Å². The number of hydrogen-bond donors (Lipinski definition) is 1. The highest BCUT2D eigenvalue weighted by atomic mass is 16.5. The molecule has 1 N–H and O–H groups in total. The molecule has 1 saturated heterocycles. The number of carbonyl (C=O) groups excluding carboxylic acids is 1. The summed E-state index contributed by atoms with van der Waals surface area (Å²) in [6, 6.07) is 16.7. The zero-order valence-corrected chi connectivity index (χ0v) is 18.0. The molecule has 2 aliphatic rings. The summed E-state index contributed by atoms with van der Waals surface area (Å²) in [5, 5.41) is 3.26. The Kier molecular flexibility index (Phi) is 6.58. The van der Waals surface area contributed by atoms with Crippen molar-refractivity contribution in [2.75, 3.05) is 26.3 Å². The van der Waals surface area contributed by atoms with Crippen LogP contribution in [0.5, 0.6) is 11.5 Å². The van der Waals surface area contributed by atoms with Crippen molar-refractivity contribution in [3.05, 3.63) is 59.7 Å². The van der Waals surface area contributed by atoms with Gasteiger partial charge in [0.15, 0.2) is 11.5 Å². The maximum atomic E-state index is 12.9. The average molecular weight is 409 g/mol. The Balaban J connectivity index is 1.44. The van der Waals surface area contributed by atoms with Gasteiger partial charge in [0.2, 0.25) is 5.91 Å². The van der Waals surface area contributed by atoms with E-state index in [9.17, 15) is 4.79 Å². The van der Waals surface area contributed by atoms with Crippen LogP contribution in [0.4, 0.5) is 0 Å². The van der Waals surface area contributed by atoms with Crippen LogP contribution in [0.1, 0.15) is 56.3 Å². The Morgan fingerprint density at radius 2 is 1.83 bits per heavy atom. The quantitative estimate of drug-likeness (QED) is 0.765. The lowest BCUT2D eigenvalue weighted by molar-refractivity contribution is -0.123. The van der Waals surface area contributed by atoms with Gasteiger partial charge in [-0.3, -0.25) is 9.69 Å². The van der Waals surface area contributed by atoms with Gasteiger partial charge >= 0.3 is 0 Å². The maximum absolute atomic E-state index is 12.9. The molecule has 2 atom stereocenters. The fourth-order valence-electron chi connectivity index (χ4n) is 4.48. The van der Waals surface area contributed by atoms with Crippen LogP contribution in [0.3, 0.4) is 0 Å². The van der Waals surface area contributed by atoms with Crippen molar-refractivity contribution in [1.82, 2.24) is 10.2 Å². The summed E-state index contributed by atoms with van der Waals surface area (Å²) < 4.78 is 11.6. The highest BCUT2D eigenvalue weighted by molar-refractivity contribution is 5.78. The van der Waals surface area contributed by atoms with Crippen LogP contribution in [-0.2, 0) is 4.79 Å². The monoisotopic (exact) mass is 408 g/mol. The lowest BCUT2D eigenvalue weighted by Gasteiger charge is -2.27. The minimum Gasteiger partial charge on any atom is -0.490 e. The molecule has 0 bridgehead atoms. The van der Waals surface area contributed by atoms with Gasteiger partial charge in [-0.2, -0.15) is 0 Å². The standard InChI is InChI=1S/C25H32N2O3/c1-18(2)25(19-8-4-3-5-9-19)26-24(28)17-27-13-6-10-21(27)20-11-12-22-23(16-20)30-15-7-14-29-22/h3-5,8-9,11-12,16,18,21,25H,6-7,10,13-15,17H2,1-2H3,(H,26,28)/t21-,25-/m1/s1. The molecule has 2 aromatic carbocycles. The zero-order valence-electron chi connectivity index (χ0n) is 18.0. The lowest BCUT2D eigenvalue weighted by Crippen LogP contribution is -2.40. The molecule has 30 heavy (non-hydrogen) atoms. The van der Waals surface area contributed by atoms with E-state index in [4.69, 9.17) is 9.47 Å². The van der Waals surface area contributed by atoms with Gasteiger partial charge in [-0.1, -0.05) is 50.2 Å². The summed E-state index contributed by atoms with van der Waals surface area (Å²) in [5.41, 5.74) is 2.36. The second kappa shape index (κ2) is 9.52. The average Bonchev–Trinajstić information content (AvgIpc) is 3.07. The number of likely N-dealkylation sites (tertiary alicyclic amines) is 1. The van der Waals surface area contributed by atoms with Crippen molar-refractivity contribution < 1.29 is 14.3 Å². The minimum absolute atomic E-state index is 0.0257. The summed E-state index contributed by atoms with van der Waals surface area (Å²) in [5.74, 6) is 2.05. The molecule has 1 fully saturated rings. The molecular formula is C25H32N2O3. The SMILES string of the molecule is CC(C)[C@@H](NC(=O)CN1CCC[C@@H]1c1ccc2c(c1)OCCCO2)c1ccccc1. The topological polar surface area (TPSA) is 50.8 Å². The van der Waals surface area contributed by atoms with Crippen molar-refractivity contribution >= 4 is 5.91 Å². The smallest absolute Gasteiger partial charge is 0.234 e. The van der Waals surface area contributed by atoms with Gasteiger partial charge in [0, 0.05) is 12.5 Å². The van der Waals surface area contributed by atoms with Crippen molar-refractivity contribution in [3.8, 4) is 11.5 Å². The van der Waals surface area contributed by atoms with Crippen LogP contribution in [0.25, 0.3) is 0 Å². The molecule has 1 amide bonds. The van der Waals surface area contributed by atoms with E-state index >= 15 is 0 Å². The van der Waals surface area contributed by atoms with E-state index in [1.54, 1.807) is 0 Å². The van der Waals surface area contributed by atoms with Crippen LogP contribution in [0, 0.1) is 5.92 Å². The Bertz CT molecular complexity index is 853. The molecule has 0 spiro atoms. The van der Waals surface area contributed by atoms with E-state index in [1.165, 1.54) is 5.56 Å². The molecular weight excluding hydrogens is 376 g/mol. The first kappa shape index (κ1) is 20.7. The van der Waals surface area contributed by atoms with E-state index in [0.29, 0.717) is 25.7 Å². The van der Waals surface area contributed by atoms with Crippen molar-refractivity contribution in [3.63, 3.8) is 0 Å². The Morgan fingerprint density at radius 1 is 1.07 bits per heavy atom. The third kappa shape index (κ3) is 4.78. The Labute approximate surface area is 179 Å². The predicted molar refractivity (Wildman–Crippen MR) is 118 cm³/mol.